The molecule has 4 rings (SSSR count). The second kappa shape index (κ2) is 3.52. The quantitative estimate of drug-likeness (QED) is 0.782. The maximum absolute atomic E-state index is 6.07. The Labute approximate surface area is 111 Å². The molecule has 1 aliphatic carbocycles. The third-order valence-corrected chi connectivity index (χ3v) is 5.34. The lowest BCUT2D eigenvalue weighted by Gasteiger charge is -1.94. The Balaban J connectivity index is 1.88. The summed E-state index contributed by atoms with van der Waals surface area (Å²) in [5.74, 6) is 1.55. The molecule has 2 N–H and O–H groups in total. The number of nitrogens with zero attached hydrogens (tertiary/aromatic N) is 4. The van der Waals surface area contributed by atoms with Gasteiger partial charge in [0.25, 0.3) is 0 Å². The predicted octanol–water partition coefficient (Wildman–Crippen LogP) is 2.68. The van der Waals surface area contributed by atoms with Crippen LogP contribution in [-0.2, 0) is 0 Å². The van der Waals surface area contributed by atoms with Crippen LogP contribution in [0.2, 0.25) is 0 Å². The number of nitrogens with two attached hydrogens (primary N) is 1. The predicted molar refractivity (Wildman–Crippen MR) is 73.1 cm³/mol. The fourth-order valence-corrected chi connectivity index (χ4v) is 3.86. The highest BCUT2D eigenvalue weighted by Crippen LogP contribution is 2.41. The number of hydrogen-bond donors (Lipinski definition) is 1. The lowest BCUT2D eigenvalue weighted by atomic mass is 10.3. The highest BCUT2D eigenvalue weighted by atomic mass is 32.1. The summed E-state index contributed by atoms with van der Waals surface area (Å²) in [6.07, 6.45) is 2.40. The van der Waals surface area contributed by atoms with Gasteiger partial charge in [-0.3, -0.25) is 0 Å². The van der Waals surface area contributed by atoms with Gasteiger partial charge in [-0.05, 0) is 30.7 Å². The van der Waals surface area contributed by atoms with Crippen molar-refractivity contribution in [1.82, 2.24) is 19.8 Å². The van der Waals surface area contributed by atoms with Crippen LogP contribution < -0.4 is 5.73 Å². The molecule has 0 radical (unpaired) electrons. The topological polar surface area (TPSA) is 69.1 Å². The molecule has 18 heavy (non-hydrogen) atoms. The van der Waals surface area contributed by atoms with E-state index in [-0.39, 0.29) is 0 Å². The molecule has 3 aromatic rings. The van der Waals surface area contributed by atoms with Crippen LogP contribution >= 0.6 is 22.7 Å². The molecule has 0 spiro atoms. The molecule has 0 unspecified atom stereocenters. The third-order valence-electron chi connectivity index (χ3n) is 3.17. The fraction of sp³-hybridized carbons (Fsp3) is 0.364. The van der Waals surface area contributed by atoms with Gasteiger partial charge in [0.05, 0.1) is 10.6 Å². The van der Waals surface area contributed by atoms with Gasteiger partial charge in [-0.2, -0.15) is 9.61 Å². The summed E-state index contributed by atoms with van der Waals surface area (Å²) in [5.41, 5.74) is 8.01. The van der Waals surface area contributed by atoms with Gasteiger partial charge in [0.2, 0.25) is 4.96 Å². The molecule has 0 saturated heterocycles. The molecule has 0 bridgehead atoms. The second-order valence-corrected chi connectivity index (χ2v) is 6.43. The molecule has 1 saturated carbocycles. The smallest absolute Gasteiger partial charge is 0.235 e. The number of anilines is 1. The lowest BCUT2D eigenvalue weighted by molar-refractivity contribution is 0.829. The van der Waals surface area contributed by atoms with Crippen LogP contribution in [0.15, 0.2) is 5.38 Å². The molecule has 3 aromatic heterocycles. The van der Waals surface area contributed by atoms with Crippen molar-refractivity contribution in [3.05, 3.63) is 16.8 Å². The summed E-state index contributed by atoms with van der Waals surface area (Å²) in [4.78, 5) is 1.90. The maximum atomic E-state index is 6.07. The summed E-state index contributed by atoms with van der Waals surface area (Å²) >= 11 is 3.19. The van der Waals surface area contributed by atoms with Gasteiger partial charge in [-0.1, -0.05) is 11.3 Å². The summed E-state index contributed by atoms with van der Waals surface area (Å²) < 4.78 is 1.88. The van der Waals surface area contributed by atoms with Gasteiger partial charge in [0.15, 0.2) is 10.8 Å². The molecule has 0 aromatic carbocycles. The second-order valence-electron chi connectivity index (χ2n) is 4.60. The zero-order valence-corrected chi connectivity index (χ0v) is 11.4. The molecule has 92 valence electrons. The van der Waals surface area contributed by atoms with Crippen molar-refractivity contribution < 1.29 is 0 Å². The Morgan fingerprint density at radius 3 is 2.89 bits per heavy atom. The van der Waals surface area contributed by atoms with Crippen molar-refractivity contribution >= 4 is 33.3 Å². The van der Waals surface area contributed by atoms with Gasteiger partial charge in [0.1, 0.15) is 0 Å². The van der Waals surface area contributed by atoms with E-state index in [4.69, 9.17) is 5.73 Å². The molecule has 1 aliphatic rings. The molecule has 1 fully saturated rings. The first-order valence-corrected chi connectivity index (χ1v) is 7.49. The molecular weight excluding hydrogens is 266 g/mol. The Kier molecular flexibility index (Phi) is 2.04. The van der Waals surface area contributed by atoms with Crippen LogP contribution in [0, 0.1) is 6.92 Å². The van der Waals surface area contributed by atoms with E-state index in [1.54, 1.807) is 22.7 Å². The van der Waals surface area contributed by atoms with E-state index in [1.807, 2.05) is 11.4 Å². The van der Waals surface area contributed by atoms with Crippen molar-refractivity contribution in [3.63, 3.8) is 0 Å². The fourth-order valence-electron chi connectivity index (χ4n) is 1.94. The SMILES string of the molecule is Cc1csc(-c2nn3c(C4CC4)nnc3s2)c1N. The first-order chi connectivity index (χ1) is 8.74. The van der Waals surface area contributed by atoms with Crippen molar-refractivity contribution in [2.75, 3.05) is 5.73 Å². The maximum Gasteiger partial charge on any atom is 0.235 e. The van der Waals surface area contributed by atoms with E-state index in [0.717, 1.165) is 31.9 Å². The number of nitrogen functional groups attached to an aromatic ring is 1. The molecule has 3 heterocycles. The number of aryl methyl sites for hydroxylation is 1. The average Bonchev–Trinajstić information content (AvgIpc) is 2.85. The van der Waals surface area contributed by atoms with Crippen LogP contribution in [0.1, 0.15) is 30.1 Å². The summed E-state index contributed by atoms with van der Waals surface area (Å²) in [7, 11) is 0. The van der Waals surface area contributed by atoms with Gasteiger partial charge in [-0.15, -0.1) is 21.5 Å². The average molecular weight is 277 g/mol. The van der Waals surface area contributed by atoms with Gasteiger partial charge in [0, 0.05) is 5.92 Å². The summed E-state index contributed by atoms with van der Waals surface area (Å²) in [6.45, 7) is 2.02. The number of aromatic nitrogens is 4. The first-order valence-electron chi connectivity index (χ1n) is 5.80. The van der Waals surface area contributed by atoms with Gasteiger partial charge in [-0.25, -0.2) is 0 Å². The van der Waals surface area contributed by atoms with Crippen molar-refractivity contribution in [2.24, 2.45) is 0 Å². The molecule has 0 aliphatic heterocycles. The zero-order valence-electron chi connectivity index (χ0n) is 9.75. The minimum Gasteiger partial charge on any atom is -0.397 e. The lowest BCUT2D eigenvalue weighted by Crippen LogP contribution is -1.93. The van der Waals surface area contributed by atoms with Crippen LogP contribution in [0.3, 0.4) is 0 Å². The van der Waals surface area contributed by atoms with E-state index in [0.29, 0.717) is 5.92 Å². The number of fused-ring (bicyclic) bond motifs is 1. The van der Waals surface area contributed by atoms with Gasteiger partial charge < -0.3 is 5.73 Å². The third kappa shape index (κ3) is 1.40. The van der Waals surface area contributed by atoms with Crippen LogP contribution in [0.5, 0.6) is 0 Å². The van der Waals surface area contributed by atoms with E-state index in [1.165, 1.54) is 12.8 Å². The molecule has 7 heteroatoms. The largest absolute Gasteiger partial charge is 0.397 e. The van der Waals surface area contributed by atoms with Crippen molar-refractivity contribution in [2.45, 2.75) is 25.7 Å². The van der Waals surface area contributed by atoms with Crippen molar-refractivity contribution in [3.8, 4) is 9.88 Å². The zero-order chi connectivity index (χ0) is 12.3. The van der Waals surface area contributed by atoms with Crippen LogP contribution in [-0.4, -0.2) is 19.8 Å². The Morgan fingerprint density at radius 2 is 2.22 bits per heavy atom. The minimum absolute atomic E-state index is 0.553. The Hall–Kier alpha value is -1.47. The molecular formula is C11H11N5S2. The standard InChI is InChI=1S/C11H11N5S2/c1-5-4-17-8(7(5)12)10-15-16-9(6-2-3-6)13-14-11(16)18-10/h4,6H,2-3,12H2,1H3. The van der Waals surface area contributed by atoms with E-state index >= 15 is 0 Å². The van der Waals surface area contributed by atoms with E-state index in [2.05, 4.69) is 20.7 Å². The highest BCUT2D eigenvalue weighted by molar-refractivity contribution is 7.24. The highest BCUT2D eigenvalue weighted by Gasteiger charge is 2.30. The first kappa shape index (κ1) is 10.5. The number of thiophene rings is 1. The van der Waals surface area contributed by atoms with E-state index in [9.17, 15) is 0 Å². The molecule has 5 nitrogen and oxygen atoms in total. The monoisotopic (exact) mass is 277 g/mol. The summed E-state index contributed by atoms with van der Waals surface area (Å²) in [5, 5.41) is 16.0. The van der Waals surface area contributed by atoms with Crippen molar-refractivity contribution in [1.29, 1.82) is 0 Å². The Morgan fingerprint density at radius 1 is 1.39 bits per heavy atom. The normalized spacial score (nSPS) is 15.6. The number of rotatable bonds is 2. The van der Waals surface area contributed by atoms with Crippen LogP contribution in [0.25, 0.3) is 14.8 Å². The molecule has 0 amide bonds. The van der Waals surface area contributed by atoms with Gasteiger partial charge >= 0.3 is 0 Å². The van der Waals surface area contributed by atoms with Crippen LogP contribution in [0.4, 0.5) is 5.69 Å². The molecule has 0 atom stereocenters. The summed E-state index contributed by atoms with van der Waals surface area (Å²) in [6, 6.07) is 0. The Bertz CT molecular complexity index is 734. The number of hydrogen-bond acceptors (Lipinski definition) is 6. The minimum atomic E-state index is 0.553. The van der Waals surface area contributed by atoms with E-state index < -0.39 is 0 Å².